The molecule has 0 fully saturated rings. The van der Waals surface area contributed by atoms with Crippen molar-refractivity contribution in [3.63, 3.8) is 0 Å². The number of amides is 1. The van der Waals surface area contributed by atoms with Gasteiger partial charge in [0.2, 0.25) is 5.91 Å². The van der Waals surface area contributed by atoms with E-state index in [0.29, 0.717) is 14.1 Å². The molecule has 89 valence electrons. The molecule has 11 heteroatoms. The van der Waals surface area contributed by atoms with Crippen LogP contribution in [0.25, 0.3) is 0 Å². The Balaban J connectivity index is -0.000000653. The van der Waals surface area contributed by atoms with E-state index >= 15 is 0 Å². The number of anilines is 1. The summed E-state index contributed by atoms with van der Waals surface area (Å²) in [6.07, 6.45) is 0. The summed E-state index contributed by atoms with van der Waals surface area (Å²) in [5, 5.41) is 15.9. The van der Waals surface area contributed by atoms with Gasteiger partial charge in [-0.25, -0.2) is 0 Å². The first kappa shape index (κ1) is 25.6. The summed E-state index contributed by atoms with van der Waals surface area (Å²) in [4.78, 5) is 11.2. The van der Waals surface area contributed by atoms with Gasteiger partial charge in [-0.15, -0.1) is 16.2 Å². The summed E-state index contributed by atoms with van der Waals surface area (Å²) < 4.78 is 4.69. The van der Waals surface area contributed by atoms with Crippen molar-refractivity contribution in [2.45, 2.75) is 16.0 Å². The van der Waals surface area contributed by atoms with Gasteiger partial charge in [-0.2, -0.15) is 4.33 Å². The van der Waals surface area contributed by atoms with Crippen molar-refractivity contribution in [1.29, 1.82) is 0 Å². The van der Waals surface area contributed by atoms with Crippen LogP contribution in [0.4, 0.5) is 5.00 Å². The van der Waals surface area contributed by atoms with E-state index in [4.69, 9.17) is 12.6 Å². The van der Waals surface area contributed by atoms with Crippen molar-refractivity contribution >= 4 is 98.3 Å². The second-order valence-electron chi connectivity index (χ2n) is 2.16. The fraction of sp³-hybridized carbons (Fsp3) is 0.167. The third-order valence-corrected chi connectivity index (χ3v) is 3.48. The topological polar surface area (TPSA) is 70.6 Å². The summed E-state index contributed by atoms with van der Waals surface area (Å²) in [5.74, 6) is -0.182. The molecule has 1 radical (unpaired) electrons. The Labute approximate surface area is 213 Å². The van der Waals surface area contributed by atoms with Gasteiger partial charge in [0.1, 0.15) is 0 Å². The van der Waals surface area contributed by atoms with E-state index in [1.807, 2.05) is 0 Å². The first-order chi connectivity index (χ1) is 6.63. The van der Waals surface area contributed by atoms with Crippen LogP contribution in [0.15, 0.2) is 15.2 Å². The third kappa shape index (κ3) is 10.9. The molecule has 0 aliphatic carbocycles. The molecule has 0 atom stereocenters. The number of nitrogens with one attached hydrogen (secondary N) is 1. The van der Waals surface area contributed by atoms with Gasteiger partial charge in [0, 0.05) is 58.3 Å². The Morgan fingerprint density at radius 2 is 2.24 bits per heavy atom. The summed E-state index contributed by atoms with van der Waals surface area (Å²) in [6, 6.07) is 1.61. The summed E-state index contributed by atoms with van der Waals surface area (Å²) >= 11 is 6.87. The largest absolute Gasteiger partial charge is 1.00 e. The number of thiophene rings is 1. The average Bonchev–Trinajstić information content (AvgIpc) is 2.41. The Bertz CT molecular complexity index is 341. The van der Waals surface area contributed by atoms with Crippen molar-refractivity contribution in [1.82, 2.24) is 0 Å². The van der Waals surface area contributed by atoms with Crippen molar-refractivity contribution in [2.75, 3.05) is 5.32 Å². The monoisotopic (exact) mass is 526 g/mol. The second kappa shape index (κ2) is 14.6. The SMILES string of the molecule is CC(=O)Nc1cc([S-])c(SOO[O-])s1.[Au+].[K+].[K]. The standard InChI is InChI=1S/C6H7NO4S3.Au.2K/c1-3(8)7-5-2-4(12)6(13-5)14-11-10-9;;;/h2,9,12H,1H3,(H,7,8);;;/q;+1;;+1/p-2. The van der Waals surface area contributed by atoms with Crippen LogP contribution >= 0.6 is 23.4 Å². The number of hydrogen-bond donors (Lipinski definition) is 1. The van der Waals surface area contributed by atoms with E-state index in [1.54, 1.807) is 6.07 Å². The fourth-order valence-corrected chi connectivity index (χ4v) is 2.57. The molecule has 1 heterocycles. The molecule has 1 N–H and O–H groups in total. The number of carbonyl (C=O) groups is 1. The number of hydrogen-bond acceptors (Lipinski definition) is 7. The number of carbonyl (C=O) groups excluding carboxylic acids is 1. The van der Waals surface area contributed by atoms with Gasteiger partial charge < -0.3 is 23.2 Å². The molecule has 1 rings (SSSR count). The first-order valence-corrected chi connectivity index (χ1v) is 5.31. The van der Waals surface area contributed by atoms with Gasteiger partial charge in [-0.1, -0.05) is 0 Å². The molecule has 0 unspecified atom stereocenters. The normalized spacial score (nSPS) is 8.35. The van der Waals surface area contributed by atoms with Crippen LogP contribution in [0.5, 0.6) is 0 Å². The Morgan fingerprint density at radius 3 is 2.71 bits per heavy atom. The zero-order valence-electron chi connectivity index (χ0n) is 9.24. The van der Waals surface area contributed by atoms with E-state index in [9.17, 15) is 10.1 Å². The molecule has 5 nitrogen and oxygen atoms in total. The third-order valence-electron chi connectivity index (χ3n) is 1.10. The predicted octanol–water partition coefficient (Wildman–Crippen LogP) is -2.54. The van der Waals surface area contributed by atoms with E-state index in [2.05, 4.69) is 14.7 Å². The van der Waals surface area contributed by atoms with Crippen LogP contribution in [-0.2, 0) is 49.2 Å². The quantitative estimate of drug-likeness (QED) is 0.154. The van der Waals surface area contributed by atoms with E-state index in [1.165, 1.54) is 18.3 Å². The Kier molecular flexibility index (Phi) is 21.9. The van der Waals surface area contributed by atoms with Crippen LogP contribution in [0.1, 0.15) is 6.92 Å². The maximum atomic E-state index is 10.7. The first-order valence-electron chi connectivity index (χ1n) is 3.35. The molecule has 1 amide bonds. The molecular weight excluding hydrogens is 521 g/mol. The van der Waals surface area contributed by atoms with Crippen LogP contribution < -0.4 is 62.0 Å². The molecule has 0 saturated heterocycles. The van der Waals surface area contributed by atoms with Gasteiger partial charge in [-0.05, 0) is 6.07 Å². The van der Waals surface area contributed by atoms with Gasteiger partial charge >= 0.3 is 73.8 Å². The minimum atomic E-state index is -0.182. The van der Waals surface area contributed by atoms with Gasteiger partial charge in [0.05, 0.1) is 21.3 Å². The molecule has 0 aromatic carbocycles. The molecule has 1 aromatic heterocycles. The van der Waals surface area contributed by atoms with Crippen molar-refractivity contribution < 1.29 is 93.2 Å². The molecule has 17 heavy (non-hydrogen) atoms. The van der Waals surface area contributed by atoms with E-state index in [0.717, 1.165) is 12.0 Å². The van der Waals surface area contributed by atoms with Gasteiger partial charge in [-0.3, -0.25) is 9.83 Å². The molecule has 1 aromatic rings. The second-order valence-corrected chi connectivity index (χ2v) is 4.62. The molecule has 0 spiro atoms. The zero-order chi connectivity index (χ0) is 10.6. The van der Waals surface area contributed by atoms with Crippen LogP contribution in [0.3, 0.4) is 0 Å². The average molecular weight is 526 g/mol. The molecule has 0 aliphatic heterocycles. The maximum Gasteiger partial charge on any atom is 1.00 e. The van der Waals surface area contributed by atoms with Gasteiger partial charge in [0.25, 0.3) is 0 Å². The van der Waals surface area contributed by atoms with Crippen molar-refractivity contribution in [2.24, 2.45) is 0 Å². The smallest absolute Gasteiger partial charge is 0.778 e. The molecular formula is C6H5AuK2NO4S3. The Hall–Kier alpha value is 3.63. The number of rotatable bonds is 4. The minimum Gasteiger partial charge on any atom is -0.778 e. The molecule has 0 saturated carbocycles. The van der Waals surface area contributed by atoms with E-state index < -0.39 is 0 Å². The minimum absolute atomic E-state index is 0. The summed E-state index contributed by atoms with van der Waals surface area (Å²) in [7, 11) is 0. The maximum absolute atomic E-state index is 10.7. The van der Waals surface area contributed by atoms with Crippen LogP contribution in [0, 0.1) is 0 Å². The van der Waals surface area contributed by atoms with E-state index in [-0.39, 0.29) is 131 Å². The summed E-state index contributed by atoms with van der Waals surface area (Å²) in [5.41, 5.74) is 0. The van der Waals surface area contributed by atoms with Gasteiger partial charge in [0.15, 0.2) is 0 Å². The van der Waals surface area contributed by atoms with Crippen molar-refractivity contribution in [3.8, 4) is 0 Å². The van der Waals surface area contributed by atoms with Crippen LogP contribution in [0.2, 0.25) is 0 Å². The predicted molar refractivity (Wildman–Crippen MR) is 58.0 cm³/mol. The fourth-order valence-electron chi connectivity index (χ4n) is 0.696. The van der Waals surface area contributed by atoms with Crippen molar-refractivity contribution in [3.05, 3.63) is 6.07 Å². The molecule has 0 bridgehead atoms. The zero-order valence-corrected chi connectivity index (χ0v) is 20.1. The molecule has 0 aliphatic rings. The summed E-state index contributed by atoms with van der Waals surface area (Å²) in [6.45, 7) is 1.40. The Morgan fingerprint density at radius 1 is 1.65 bits per heavy atom. The van der Waals surface area contributed by atoms with Crippen LogP contribution in [-0.4, -0.2) is 57.3 Å².